The van der Waals surface area contributed by atoms with Gasteiger partial charge in [0, 0.05) is 6.04 Å². The van der Waals surface area contributed by atoms with Crippen LogP contribution >= 0.6 is 7.60 Å². The Morgan fingerprint density at radius 2 is 1.38 bits per heavy atom. The van der Waals surface area contributed by atoms with Crippen molar-refractivity contribution < 1.29 is 13.6 Å². The molecule has 1 aliphatic carbocycles. The van der Waals surface area contributed by atoms with Gasteiger partial charge < -0.3 is 9.05 Å². The number of rotatable bonds is 8. The van der Waals surface area contributed by atoms with Gasteiger partial charge >= 0.3 is 7.60 Å². The molecular weight excluding hydrogens is 345 g/mol. The van der Waals surface area contributed by atoms with Gasteiger partial charge in [0.2, 0.25) is 0 Å². The van der Waals surface area contributed by atoms with Crippen molar-refractivity contribution in [2.24, 2.45) is 0 Å². The fourth-order valence-electron chi connectivity index (χ4n) is 3.77. The summed E-state index contributed by atoms with van der Waals surface area (Å²) in [6.45, 7) is 8.58. The van der Waals surface area contributed by atoms with Gasteiger partial charge in [-0.05, 0) is 49.4 Å². The molecule has 2 aromatic rings. The summed E-state index contributed by atoms with van der Waals surface area (Å²) in [5, 5.41) is 2.65. The molecule has 2 aromatic carbocycles. The molecule has 0 bridgehead atoms. The van der Waals surface area contributed by atoms with Crippen molar-refractivity contribution in [3.05, 3.63) is 59.7 Å². The van der Waals surface area contributed by atoms with Crippen LogP contribution in [-0.2, 0) is 18.9 Å². The second-order valence-corrected chi connectivity index (χ2v) is 8.77. The van der Waals surface area contributed by atoms with Gasteiger partial charge in [0.15, 0.2) is 5.28 Å². The van der Waals surface area contributed by atoms with Crippen LogP contribution in [0.3, 0.4) is 0 Å². The molecule has 0 fully saturated rings. The summed E-state index contributed by atoms with van der Waals surface area (Å²) in [5.74, 6) is 0. The van der Waals surface area contributed by atoms with Crippen molar-refractivity contribution in [1.82, 2.24) is 5.32 Å². The van der Waals surface area contributed by atoms with Crippen LogP contribution < -0.4 is 5.32 Å². The summed E-state index contributed by atoms with van der Waals surface area (Å²) in [5.41, 5.74) is 4.09. The highest BCUT2D eigenvalue weighted by molar-refractivity contribution is 7.55. The standard InChI is InChI=1S/C21H28NO3P/c1-5-16(4)22-21(26(23,24-6-2)25-7-3)19-14-10-8-12-17(19)18-13-9-11-15-20(18)21/h8-16,22H,5-7H2,1-4H3. The Morgan fingerprint density at radius 3 is 1.81 bits per heavy atom. The van der Waals surface area contributed by atoms with E-state index in [1.807, 2.05) is 50.2 Å². The quantitative estimate of drug-likeness (QED) is 0.619. The largest absolute Gasteiger partial charge is 0.359 e. The van der Waals surface area contributed by atoms with E-state index in [1.165, 1.54) is 0 Å². The molecule has 0 amide bonds. The van der Waals surface area contributed by atoms with Crippen molar-refractivity contribution >= 4 is 7.60 Å². The van der Waals surface area contributed by atoms with Crippen LogP contribution in [0.4, 0.5) is 0 Å². The smallest absolute Gasteiger partial charge is 0.307 e. The first-order valence-electron chi connectivity index (χ1n) is 9.40. The van der Waals surface area contributed by atoms with E-state index in [-0.39, 0.29) is 6.04 Å². The predicted octanol–water partition coefficient (Wildman–Crippen LogP) is 5.52. The molecule has 1 unspecified atom stereocenters. The number of hydrogen-bond acceptors (Lipinski definition) is 4. The molecule has 1 N–H and O–H groups in total. The fraction of sp³-hybridized carbons (Fsp3) is 0.429. The molecular formula is C21H28NO3P. The van der Waals surface area contributed by atoms with Crippen molar-refractivity contribution in [3.63, 3.8) is 0 Å². The lowest BCUT2D eigenvalue weighted by molar-refractivity contribution is 0.191. The van der Waals surface area contributed by atoms with Crippen LogP contribution in [-0.4, -0.2) is 19.3 Å². The normalized spacial score (nSPS) is 16.2. The van der Waals surface area contributed by atoms with E-state index in [2.05, 4.69) is 31.3 Å². The highest BCUT2D eigenvalue weighted by Crippen LogP contribution is 2.70. The zero-order valence-electron chi connectivity index (χ0n) is 16.0. The molecule has 0 aromatic heterocycles. The van der Waals surface area contributed by atoms with Gasteiger partial charge in [-0.15, -0.1) is 0 Å². The number of benzene rings is 2. The molecule has 4 nitrogen and oxygen atoms in total. The van der Waals surface area contributed by atoms with Crippen molar-refractivity contribution in [1.29, 1.82) is 0 Å². The third kappa shape index (κ3) is 2.86. The molecule has 26 heavy (non-hydrogen) atoms. The molecule has 0 radical (unpaired) electrons. The first kappa shape index (κ1) is 19.3. The van der Waals surface area contributed by atoms with Crippen LogP contribution in [0.2, 0.25) is 0 Å². The Kier molecular flexibility index (Phi) is 5.69. The second-order valence-electron chi connectivity index (χ2n) is 6.59. The van der Waals surface area contributed by atoms with Gasteiger partial charge in [-0.3, -0.25) is 9.88 Å². The van der Waals surface area contributed by atoms with E-state index in [9.17, 15) is 4.57 Å². The minimum absolute atomic E-state index is 0.142. The maximum Gasteiger partial charge on any atom is 0.359 e. The number of fused-ring (bicyclic) bond motifs is 3. The molecule has 140 valence electrons. The van der Waals surface area contributed by atoms with Gasteiger partial charge in [-0.1, -0.05) is 55.5 Å². The summed E-state index contributed by atoms with van der Waals surface area (Å²) in [4.78, 5) is 0. The molecule has 0 heterocycles. The Balaban J connectivity index is 2.36. The molecule has 0 aliphatic heterocycles. The van der Waals surface area contributed by atoms with Gasteiger partial charge in [0.25, 0.3) is 0 Å². The highest BCUT2D eigenvalue weighted by atomic mass is 31.2. The Labute approximate surface area is 156 Å². The minimum Gasteiger partial charge on any atom is -0.307 e. The average Bonchev–Trinajstić information content (AvgIpc) is 2.94. The molecule has 1 aliphatic rings. The lowest BCUT2D eigenvalue weighted by Gasteiger charge is -2.40. The molecule has 0 saturated carbocycles. The van der Waals surface area contributed by atoms with Crippen LogP contribution in [0.1, 0.15) is 45.2 Å². The molecule has 0 spiro atoms. The monoisotopic (exact) mass is 373 g/mol. The fourth-order valence-corrected chi connectivity index (χ4v) is 6.27. The third-order valence-corrected chi connectivity index (χ3v) is 7.63. The Morgan fingerprint density at radius 1 is 0.923 bits per heavy atom. The molecule has 1 atom stereocenters. The van der Waals surface area contributed by atoms with Gasteiger partial charge in [-0.25, -0.2) is 0 Å². The topological polar surface area (TPSA) is 47.6 Å². The van der Waals surface area contributed by atoms with E-state index < -0.39 is 12.9 Å². The number of hydrogen-bond donors (Lipinski definition) is 1. The van der Waals surface area contributed by atoms with Gasteiger partial charge in [0.1, 0.15) is 0 Å². The van der Waals surface area contributed by atoms with Gasteiger partial charge in [-0.2, -0.15) is 0 Å². The van der Waals surface area contributed by atoms with Crippen molar-refractivity contribution in [3.8, 4) is 11.1 Å². The average molecular weight is 373 g/mol. The first-order valence-corrected chi connectivity index (χ1v) is 10.9. The lowest BCUT2D eigenvalue weighted by Crippen LogP contribution is -2.47. The summed E-state index contributed by atoms with van der Waals surface area (Å²) in [7, 11) is -3.54. The predicted molar refractivity (Wildman–Crippen MR) is 106 cm³/mol. The lowest BCUT2D eigenvalue weighted by atomic mass is 10.0. The Bertz CT molecular complexity index is 765. The SMILES string of the molecule is CCOP(=O)(OCC)C1(NC(C)CC)c2ccccc2-c2ccccc21. The minimum atomic E-state index is -3.54. The number of nitrogens with one attached hydrogen (secondary N) is 1. The molecule has 5 heteroatoms. The summed E-state index contributed by atoms with van der Waals surface area (Å²) in [6, 6.07) is 16.4. The Hall–Kier alpha value is -1.45. The van der Waals surface area contributed by atoms with E-state index in [0.717, 1.165) is 28.7 Å². The van der Waals surface area contributed by atoms with E-state index in [0.29, 0.717) is 13.2 Å². The van der Waals surface area contributed by atoms with Gasteiger partial charge in [0.05, 0.1) is 13.2 Å². The summed E-state index contributed by atoms with van der Waals surface area (Å²) in [6.07, 6.45) is 0.907. The zero-order chi connectivity index (χ0) is 18.8. The van der Waals surface area contributed by atoms with Crippen LogP contribution in [0.25, 0.3) is 11.1 Å². The van der Waals surface area contributed by atoms with E-state index >= 15 is 0 Å². The summed E-state index contributed by atoms with van der Waals surface area (Å²) >= 11 is 0. The molecule has 0 saturated heterocycles. The second kappa shape index (κ2) is 7.66. The third-order valence-electron chi connectivity index (χ3n) is 5.00. The first-order chi connectivity index (χ1) is 12.5. The molecule has 3 rings (SSSR count). The van der Waals surface area contributed by atoms with Crippen LogP contribution in [0.15, 0.2) is 48.5 Å². The summed E-state index contributed by atoms with van der Waals surface area (Å²) < 4.78 is 26.0. The van der Waals surface area contributed by atoms with E-state index in [1.54, 1.807) is 0 Å². The maximum atomic E-state index is 14.2. The van der Waals surface area contributed by atoms with Crippen molar-refractivity contribution in [2.75, 3.05) is 13.2 Å². The van der Waals surface area contributed by atoms with Crippen molar-refractivity contribution in [2.45, 2.75) is 45.4 Å². The van der Waals surface area contributed by atoms with Crippen LogP contribution in [0, 0.1) is 0 Å². The highest BCUT2D eigenvalue weighted by Gasteiger charge is 2.58. The van der Waals surface area contributed by atoms with E-state index in [4.69, 9.17) is 9.05 Å². The zero-order valence-corrected chi connectivity index (χ0v) is 16.9. The maximum absolute atomic E-state index is 14.2. The van der Waals surface area contributed by atoms with Crippen LogP contribution in [0.5, 0.6) is 0 Å².